The van der Waals surface area contributed by atoms with E-state index >= 15 is 0 Å². The number of piperidine rings is 1. The summed E-state index contributed by atoms with van der Waals surface area (Å²) in [6.07, 6.45) is 7.54. The molecule has 2 nitrogen and oxygen atoms in total. The van der Waals surface area contributed by atoms with Gasteiger partial charge in [0.1, 0.15) is 0 Å². The van der Waals surface area contributed by atoms with Crippen molar-refractivity contribution in [3.63, 3.8) is 0 Å². The Morgan fingerprint density at radius 2 is 1.80 bits per heavy atom. The van der Waals surface area contributed by atoms with Gasteiger partial charge in [0.15, 0.2) is 0 Å². The van der Waals surface area contributed by atoms with Crippen LogP contribution in [0.4, 0.5) is 0 Å². The minimum absolute atomic E-state index is 0.0187. The zero-order valence-electron chi connectivity index (χ0n) is 9.91. The summed E-state index contributed by atoms with van der Waals surface area (Å²) in [5.74, 6) is 2.00. The van der Waals surface area contributed by atoms with E-state index in [1.165, 1.54) is 38.5 Å². The van der Waals surface area contributed by atoms with Crippen molar-refractivity contribution in [3.05, 3.63) is 0 Å². The van der Waals surface area contributed by atoms with Crippen molar-refractivity contribution in [3.8, 4) is 0 Å². The van der Waals surface area contributed by atoms with Crippen LogP contribution in [-0.2, 0) is 0 Å². The highest BCUT2D eigenvalue weighted by atomic mass is 16.3. The Bertz CT molecular complexity index is 189. The number of aliphatic hydroxyl groups excluding tert-OH is 1. The first-order chi connectivity index (χ1) is 7.27. The third-order valence-corrected chi connectivity index (χ3v) is 4.33. The molecule has 0 aromatic carbocycles. The van der Waals surface area contributed by atoms with E-state index in [0.717, 1.165) is 19.0 Å². The second kappa shape index (κ2) is 5.31. The molecule has 1 saturated heterocycles. The van der Waals surface area contributed by atoms with Gasteiger partial charge in [-0.25, -0.2) is 0 Å². The molecule has 0 amide bonds. The summed E-state index contributed by atoms with van der Waals surface area (Å²) in [5, 5.41) is 13.8. The number of hydrogen-bond acceptors (Lipinski definition) is 2. The third kappa shape index (κ3) is 2.94. The lowest BCUT2D eigenvalue weighted by Crippen LogP contribution is -2.39. The lowest BCUT2D eigenvalue weighted by atomic mass is 9.74. The van der Waals surface area contributed by atoms with Gasteiger partial charge in [-0.2, -0.15) is 0 Å². The third-order valence-electron chi connectivity index (χ3n) is 4.33. The van der Waals surface area contributed by atoms with Crippen LogP contribution in [0, 0.1) is 17.8 Å². The first-order valence-corrected chi connectivity index (χ1v) is 6.66. The molecule has 0 aromatic rings. The lowest BCUT2D eigenvalue weighted by molar-refractivity contribution is 0.0130. The molecule has 1 saturated carbocycles. The Morgan fingerprint density at radius 3 is 2.47 bits per heavy atom. The summed E-state index contributed by atoms with van der Waals surface area (Å²) in [5.41, 5.74) is 0. The quantitative estimate of drug-likeness (QED) is 0.733. The fourth-order valence-corrected chi connectivity index (χ4v) is 3.36. The average Bonchev–Trinajstić information content (AvgIpc) is 2.29. The maximum atomic E-state index is 10.4. The second-order valence-electron chi connectivity index (χ2n) is 5.61. The van der Waals surface area contributed by atoms with Crippen LogP contribution < -0.4 is 5.32 Å². The van der Waals surface area contributed by atoms with Crippen LogP contribution in [0.25, 0.3) is 0 Å². The molecule has 88 valence electrons. The first kappa shape index (κ1) is 11.4. The zero-order valence-corrected chi connectivity index (χ0v) is 9.91. The fraction of sp³-hybridized carbons (Fsp3) is 1.00. The van der Waals surface area contributed by atoms with Crippen molar-refractivity contribution in [2.45, 2.75) is 51.6 Å². The molecule has 2 aliphatic rings. The smallest absolute Gasteiger partial charge is 0.0597 e. The van der Waals surface area contributed by atoms with E-state index in [1.807, 2.05) is 0 Å². The van der Waals surface area contributed by atoms with Crippen LogP contribution in [0.2, 0.25) is 0 Å². The van der Waals surface area contributed by atoms with Crippen LogP contribution in [-0.4, -0.2) is 24.3 Å². The lowest BCUT2D eigenvalue weighted by Gasteiger charge is -2.36. The largest absolute Gasteiger partial charge is 0.393 e. The van der Waals surface area contributed by atoms with E-state index in [1.54, 1.807) is 0 Å². The highest BCUT2D eigenvalue weighted by Crippen LogP contribution is 2.34. The summed E-state index contributed by atoms with van der Waals surface area (Å²) in [6.45, 7) is 4.54. The highest BCUT2D eigenvalue weighted by molar-refractivity contribution is 4.83. The number of aliphatic hydroxyl groups is 1. The average molecular weight is 211 g/mol. The summed E-state index contributed by atoms with van der Waals surface area (Å²) in [6, 6.07) is 0. The van der Waals surface area contributed by atoms with Gasteiger partial charge in [0.25, 0.3) is 0 Å². The summed E-state index contributed by atoms with van der Waals surface area (Å²) in [7, 11) is 0. The van der Waals surface area contributed by atoms with Gasteiger partial charge in [0.05, 0.1) is 6.10 Å². The van der Waals surface area contributed by atoms with Gasteiger partial charge < -0.3 is 10.4 Å². The van der Waals surface area contributed by atoms with Crippen LogP contribution in [0.5, 0.6) is 0 Å². The van der Waals surface area contributed by atoms with Gasteiger partial charge >= 0.3 is 0 Å². The maximum Gasteiger partial charge on any atom is 0.0597 e. The van der Waals surface area contributed by atoms with E-state index in [0.29, 0.717) is 11.8 Å². The van der Waals surface area contributed by atoms with Crippen molar-refractivity contribution in [1.29, 1.82) is 0 Å². The first-order valence-electron chi connectivity index (χ1n) is 6.66. The Balaban J connectivity index is 1.85. The number of hydrogen-bond donors (Lipinski definition) is 2. The number of rotatable bonds is 2. The van der Waals surface area contributed by atoms with Gasteiger partial charge in [0.2, 0.25) is 0 Å². The Hall–Kier alpha value is -0.0800. The molecule has 1 aliphatic carbocycles. The van der Waals surface area contributed by atoms with Gasteiger partial charge in [-0.3, -0.25) is 0 Å². The van der Waals surface area contributed by atoms with Crippen molar-refractivity contribution >= 4 is 0 Å². The summed E-state index contributed by atoms with van der Waals surface area (Å²) >= 11 is 0. The summed E-state index contributed by atoms with van der Waals surface area (Å²) < 4.78 is 0. The maximum absolute atomic E-state index is 10.4. The fourth-order valence-electron chi connectivity index (χ4n) is 3.36. The van der Waals surface area contributed by atoms with Crippen LogP contribution in [0.3, 0.4) is 0 Å². The van der Waals surface area contributed by atoms with E-state index < -0.39 is 0 Å². The van der Waals surface area contributed by atoms with Crippen molar-refractivity contribution < 1.29 is 5.11 Å². The molecule has 3 unspecified atom stereocenters. The Kier molecular flexibility index (Phi) is 4.04. The second-order valence-corrected chi connectivity index (χ2v) is 5.61. The molecule has 0 aromatic heterocycles. The molecular formula is C13H25NO. The molecule has 3 atom stereocenters. The van der Waals surface area contributed by atoms with Gasteiger partial charge in [-0.05, 0) is 56.5 Å². The molecule has 15 heavy (non-hydrogen) atoms. The molecule has 2 N–H and O–H groups in total. The molecule has 1 aliphatic heterocycles. The number of nitrogens with one attached hydrogen (secondary N) is 1. The molecule has 1 heterocycles. The predicted octanol–water partition coefficient (Wildman–Crippen LogP) is 2.17. The van der Waals surface area contributed by atoms with E-state index in [9.17, 15) is 5.11 Å². The Labute approximate surface area is 93.5 Å². The minimum Gasteiger partial charge on any atom is -0.393 e. The molecule has 0 bridgehead atoms. The minimum atomic E-state index is -0.0187. The monoisotopic (exact) mass is 211 g/mol. The molecule has 0 radical (unpaired) electrons. The Morgan fingerprint density at radius 1 is 1.07 bits per heavy atom. The van der Waals surface area contributed by atoms with Crippen molar-refractivity contribution in [1.82, 2.24) is 5.32 Å². The van der Waals surface area contributed by atoms with E-state index in [-0.39, 0.29) is 6.10 Å². The van der Waals surface area contributed by atoms with E-state index in [4.69, 9.17) is 0 Å². The van der Waals surface area contributed by atoms with Crippen molar-refractivity contribution in [2.24, 2.45) is 17.8 Å². The van der Waals surface area contributed by atoms with Gasteiger partial charge in [-0.15, -0.1) is 0 Å². The molecule has 0 spiro atoms. The molecular weight excluding hydrogens is 186 g/mol. The van der Waals surface area contributed by atoms with Crippen LogP contribution in [0.15, 0.2) is 0 Å². The summed E-state index contributed by atoms with van der Waals surface area (Å²) in [4.78, 5) is 0. The van der Waals surface area contributed by atoms with Crippen molar-refractivity contribution in [2.75, 3.05) is 13.1 Å². The molecule has 2 rings (SSSR count). The molecule has 2 heteroatoms. The van der Waals surface area contributed by atoms with Gasteiger partial charge in [0, 0.05) is 0 Å². The van der Waals surface area contributed by atoms with E-state index in [2.05, 4.69) is 12.2 Å². The van der Waals surface area contributed by atoms with Crippen LogP contribution in [0.1, 0.15) is 45.4 Å². The standard InChI is InChI=1S/C13H25NO/c1-10-3-2-4-12(9-10)13(15)11-5-7-14-8-6-11/h10-15H,2-9H2,1H3. The zero-order chi connectivity index (χ0) is 10.7. The van der Waals surface area contributed by atoms with Crippen LogP contribution >= 0.6 is 0 Å². The normalized spacial score (nSPS) is 36.4. The SMILES string of the molecule is CC1CCCC(C(O)C2CCNCC2)C1. The topological polar surface area (TPSA) is 32.3 Å². The molecule has 2 fully saturated rings. The highest BCUT2D eigenvalue weighted by Gasteiger charge is 2.31. The van der Waals surface area contributed by atoms with Gasteiger partial charge in [-0.1, -0.05) is 19.8 Å². The predicted molar refractivity (Wildman–Crippen MR) is 62.7 cm³/mol.